The van der Waals surface area contributed by atoms with Crippen LogP contribution in [0.1, 0.15) is 31.2 Å². The highest BCUT2D eigenvalue weighted by molar-refractivity contribution is 6.30. The number of benzene rings is 2. The highest BCUT2D eigenvalue weighted by Crippen LogP contribution is 2.35. The van der Waals surface area contributed by atoms with Gasteiger partial charge in [0.15, 0.2) is 0 Å². The van der Waals surface area contributed by atoms with Crippen LogP contribution in [0.5, 0.6) is 0 Å². The van der Waals surface area contributed by atoms with Crippen LogP contribution in [0.2, 0.25) is 5.02 Å². The molecule has 2 fully saturated rings. The van der Waals surface area contributed by atoms with Gasteiger partial charge in [-0.2, -0.15) is 5.10 Å². The number of urea groups is 1. The van der Waals surface area contributed by atoms with Crippen molar-refractivity contribution in [1.29, 1.82) is 0 Å². The van der Waals surface area contributed by atoms with Crippen LogP contribution in [-0.4, -0.2) is 45.1 Å². The molecule has 1 saturated carbocycles. The van der Waals surface area contributed by atoms with Crippen molar-refractivity contribution in [2.45, 2.75) is 37.8 Å². The van der Waals surface area contributed by atoms with Crippen LogP contribution in [0.25, 0.3) is 16.9 Å². The van der Waals surface area contributed by atoms with Crippen LogP contribution in [0.15, 0.2) is 60.8 Å². The van der Waals surface area contributed by atoms with Crippen molar-refractivity contribution in [3.63, 3.8) is 0 Å². The van der Waals surface area contributed by atoms with Crippen molar-refractivity contribution in [3.05, 3.63) is 71.4 Å². The first kappa shape index (κ1) is 23.1. The molecule has 2 aliphatic rings. The van der Waals surface area contributed by atoms with E-state index in [1.165, 1.54) is 0 Å². The number of nitrogens with zero attached hydrogens (tertiary/aromatic N) is 3. The number of imide groups is 1. The molecule has 1 aliphatic heterocycles. The maximum atomic E-state index is 13.3. The van der Waals surface area contributed by atoms with Crippen LogP contribution >= 0.6 is 11.6 Å². The summed E-state index contributed by atoms with van der Waals surface area (Å²) in [6.45, 7) is 0.391. The van der Waals surface area contributed by atoms with Crippen LogP contribution in [0.3, 0.4) is 0 Å². The van der Waals surface area contributed by atoms with Gasteiger partial charge in [-0.1, -0.05) is 41.9 Å². The third-order valence-electron chi connectivity index (χ3n) is 6.92. The number of halogens is 1. The van der Waals surface area contributed by atoms with E-state index < -0.39 is 11.6 Å². The van der Waals surface area contributed by atoms with Crippen LogP contribution < -0.4 is 10.6 Å². The number of carbonyl (C=O) groups is 3. The number of carbonyl (C=O) groups excluding carboxylic acids is 3. The third kappa shape index (κ3) is 4.53. The fourth-order valence-electron chi connectivity index (χ4n) is 4.97. The van der Waals surface area contributed by atoms with Crippen LogP contribution in [-0.2, 0) is 16.1 Å². The molecule has 1 saturated heterocycles. The summed E-state index contributed by atoms with van der Waals surface area (Å²) in [6.07, 6.45) is 3.96. The number of para-hydroxylation sites is 1. The minimum absolute atomic E-state index is 0.0269. The predicted octanol–water partition coefficient (Wildman–Crippen LogP) is 3.92. The Hall–Kier alpha value is -3.65. The van der Waals surface area contributed by atoms with E-state index in [2.05, 4.69) is 10.6 Å². The van der Waals surface area contributed by atoms with Crippen LogP contribution in [0.4, 0.5) is 4.79 Å². The van der Waals surface area contributed by atoms with Gasteiger partial charge in [-0.05, 0) is 49.9 Å². The molecule has 0 atom stereocenters. The average Bonchev–Trinajstić information content (AvgIpc) is 3.40. The molecule has 35 heavy (non-hydrogen) atoms. The van der Waals surface area contributed by atoms with Gasteiger partial charge >= 0.3 is 6.03 Å². The van der Waals surface area contributed by atoms with Gasteiger partial charge in [0.05, 0.1) is 11.4 Å². The highest BCUT2D eigenvalue weighted by Gasteiger charge is 2.49. The van der Waals surface area contributed by atoms with Gasteiger partial charge in [0.1, 0.15) is 5.54 Å². The summed E-state index contributed by atoms with van der Waals surface area (Å²) in [4.78, 5) is 38.8. The largest absolute Gasteiger partial charge is 0.341 e. The lowest BCUT2D eigenvalue weighted by molar-refractivity contribution is -0.137. The van der Waals surface area contributed by atoms with E-state index >= 15 is 0 Å². The average molecular weight is 492 g/mol. The molecule has 2 N–H and O–H groups in total. The van der Waals surface area contributed by atoms with E-state index in [1.807, 2.05) is 65.5 Å². The van der Waals surface area contributed by atoms with Gasteiger partial charge in [0.25, 0.3) is 5.91 Å². The topological polar surface area (TPSA) is 96.3 Å². The molecule has 1 spiro atoms. The molecule has 3 aromatic rings. The second-order valence-electron chi connectivity index (χ2n) is 9.25. The predicted molar refractivity (Wildman–Crippen MR) is 132 cm³/mol. The van der Waals surface area contributed by atoms with E-state index in [0.29, 0.717) is 37.3 Å². The first-order valence-corrected chi connectivity index (χ1v) is 12.0. The second kappa shape index (κ2) is 9.19. The van der Waals surface area contributed by atoms with Gasteiger partial charge in [-0.3, -0.25) is 14.9 Å². The SMILES string of the molecule is CN(Cc1cn(-c2ccccc2)nc1-c1ccc(Cl)cc1)C(=O)C1CCC2(CC1)NC(=O)NC2=O. The van der Waals surface area contributed by atoms with Gasteiger partial charge < -0.3 is 10.2 Å². The van der Waals surface area contributed by atoms with Crippen molar-refractivity contribution >= 4 is 29.4 Å². The van der Waals surface area contributed by atoms with E-state index in [0.717, 1.165) is 22.5 Å². The molecule has 2 aromatic carbocycles. The summed E-state index contributed by atoms with van der Waals surface area (Å²) >= 11 is 6.09. The maximum absolute atomic E-state index is 13.3. The molecular weight excluding hydrogens is 466 g/mol. The zero-order valence-electron chi connectivity index (χ0n) is 19.3. The van der Waals surface area contributed by atoms with E-state index in [9.17, 15) is 14.4 Å². The monoisotopic (exact) mass is 491 g/mol. The van der Waals surface area contributed by atoms with Crippen molar-refractivity contribution in [2.75, 3.05) is 7.05 Å². The molecule has 180 valence electrons. The minimum Gasteiger partial charge on any atom is -0.341 e. The lowest BCUT2D eigenvalue weighted by Gasteiger charge is -2.35. The Bertz CT molecular complexity index is 1260. The Labute approximate surface area is 208 Å². The number of nitrogens with one attached hydrogen (secondary N) is 2. The first-order chi connectivity index (χ1) is 16.8. The zero-order valence-corrected chi connectivity index (χ0v) is 20.1. The Balaban J connectivity index is 1.34. The fourth-order valence-corrected chi connectivity index (χ4v) is 5.10. The molecule has 1 aromatic heterocycles. The molecule has 1 aliphatic carbocycles. The summed E-state index contributed by atoms with van der Waals surface area (Å²) in [5, 5.41) is 10.5. The quantitative estimate of drug-likeness (QED) is 0.529. The molecule has 2 heterocycles. The lowest BCUT2D eigenvalue weighted by atomic mass is 9.76. The normalized spacial score (nSPS) is 21.6. The molecule has 0 unspecified atom stereocenters. The van der Waals surface area contributed by atoms with Gasteiger partial charge in [0, 0.05) is 41.9 Å². The Morgan fingerprint density at radius 3 is 2.43 bits per heavy atom. The van der Waals surface area contributed by atoms with Gasteiger partial charge in [-0.15, -0.1) is 0 Å². The third-order valence-corrected chi connectivity index (χ3v) is 7.17. The Morgan fingerprint density at radius 2 is 1.80 bits per heavy atom. The molecule has 5 rings (SSSR count). The summed E-state index contributed by atoms with van der Waals surface area (Å²) in [6, 6.07) is 16.9. The Morgan fingerprint density at radius 1 is 1.11 bits per heavy atom. The van der Waals surface area contributed by atoms with Crippen molar-refractivity contribution in [3.8, 4) is 16.9 Å². The first-order valence-electron chi connectivity index (χ1n) is 11.6. The number of aromatic nitrogens is 2. The maximum Gasteiger partial charge on any atom is 0.322 e. The number of rotatable bonds is 5. The summed E-state index contributed by atoms with van der Waals surface area (Å²) in [5.74, 6) is -0.458. The summed E-state index contributed by atoms with van der Waals surface area (Å²) < 4.78 is 1.82. The smallest absolute Gasteiger partial charge is 0.322 e. The van der Waals surface area contributed by atoms with E-state index in [4.69, 9.17) is 16.7 Å². The van der Waals surface area contributed by atoms with Crippen molar-refractivity contribution < 1.29 is 14.4 Å². The van der Waals surface area contributed by atoms with Gasteiger partial charge in [0.2, 0.25) is 5.91 Å². The molecule has 9 heteroatoms. The van der Waals surface area contributed by atoms with E-state index in [-0.39, 0.29) is 17.7 Å². The van der Waals surface area contributed by atoms with E-state index in [1.54, 1.807) is 11.9 Å². The number of hydrogen-bond acceptors (Lipinski definition) is 4. The number of amides is 4. The standard InChI is InChI=1S/C26H26ClN5O3/c1-31(23(33)18-11-13-26(14-12-18)24(34)28-25(35)29-26)15-19-16-32(21-5-3-2-4-6-21)30-22(19)17-7-9-20(27)10-8-17/h2-10,16,18H,11-15H2,1H3,(H2,28,29,34,35). The Kier molecular flexibility index (Phi) is 6.06. The minimum atomic E-state index is -0.870. The summed E-state index contributed by atoms with van der Waals surface area (Å²) in [5.41, 5.74) is 2.69. The number of hydrogen-bond donors (Lipinski definition) is 2. The lowest BCUT2D eigenvalue weighted by Crippen LogP contribution is -2.50. The molecule has 4 amide bonds. The molecule has 0 radical (unpaired) electrons. The molecular formula is C26H26ClN5O3. The van der Waals surface area contributed by atoms with Crippen molar-refractivity contribution in [2.24, 2.45) is 5.92 Å². The molecule has 0 bridgehead atoms. The molecule has 8 nitrogen and oxygen atoms in total. The van der Waals surface area contributed by atoms with Crippen LogP contribution in [0, 0.1) is 5.92 Å². The zero-order chi connectivity index (χ0) is 24.6. The highest BCUT2D eigenvalue weighted by atomic mass is 35.5. The van der Waals surface area contributed by atoms with Crippen molar-refractivity contribution in [1.82, 2.24) is 25.3 Å². The van der Waals surface area contributed by atoms with Gasteiger partial charge in [-0.25, -0.2) is 9.48 Å². The summed E-state index contributed by atoms with van der Waals surface area (Å²) in [7, 11) is 1.79. The second-order valence-corrected chi connectivity index (χ2v) is 9.69. The fraction of sp³-hybridized carbons (Fsp3) is 0.308.